The van der Waals surface area contributed by atoms with Crippen LogP contribution in [0.4, 0.5) is 11.8 Å². The van der Waals surface area contributed by atoms with Crippen LogP contribution in [-0.4, -0.2) is 70.7 Å². The summed E-state index contributed by atoms with van der Waals surface area (Å²) in [5, 5.41) is 0. The first-order valence-corrected chi connectivity index (χ1v) is 12.8. The van der Waals surface area contributed by atoms with E-state index in [2.05, 4.69) is 59.8 Å². The van der Waals surface area contributed by atoms with E-state index >= 15 is 0 Å². The summed E-state index contributed by atoms with van der Waals surface area (Å²) in [6.07, 6.45) is 8.07. The van der Waals surface area contributed by atoms with Gasteiger partial charge in [-0.05, 0) is 26.0 Å². The topological polar surface area (TPSA) is 334 Å². The molecule has 0 fully saturated rings. The number of aromatic amines is 7. The van der Waals surface area contributed by atoms with Crippen molar-refractivity contribution >= 4 is 40.4 Å². The number of hydrogen-bond acceptors (Lipinski definition) is 13. The molecule has 11 N–H and O–H groups in total. The van der Waals surface area contributed by atoms with Crippen LogP contribution in [0.15, 0.2) is 67.4 Å². The Bertz CT molecular complexity index is 2360. The molecule has 236 valence electrons. The van der Waals surface area contributed by atoms with Gasteiger partial charge in [0.15, 0.2) is 28.9 Å². The largest absolute Gasteiger partial charge is 0.382 e. The molecule has 21 heteroatoms. The molecule has 0 radical (unpaired) electrons. The molecule has 21 nitrogen and oxygen atoms in total. The fourth-order valence-corrected chi connectivity index (χ4v) is 3.44. The number of nitrogen functional groups attached to an aromatic ring is 2. The van der Waals surface area contributed by atoms with E-state index in [9.17, 15) is 28.8 Å². The summed E-state index contributed by atoms with van der Waals surface area (Å²) in [6.45, 7) is 3.24. The summed E-state index contributed by atoms with van der Waals surface area (Å²) in [6, 6.07) is 3.40. The zero-order valence-corrected chi connectivity index (χ0v) is 23.9. The Hall–Kier alpha value is -7.19. The number of carbonyl (C=O) groups excluding carboxylic acids is 1. The SMILES string of the molecule is Cc1c[nH]c(=O)[nH]c1=O.Cc1c[nH]c(=O)[nH]c1=O.Nc1nc(-n2cccc2C=O)nc2nc[nH]c12.Nc1nc2nc[nH]c2c(=O)[nH]1. The minimum atomic E-state index is -0.467. The summed E-state index contributed by atoms with van der Waals surface area (Å²) in [5.41, 5.74) is 12.4. The van der Waals surface area contributed by atoms with E-state index in [1.807, 2.05) is 0 Å². The maximum atomic E-state index is 11.0. The lowest BCUT2D eigenvalue weighted by Gasteiger charge is -2.04. The lowest BCUT2D eigenvalue weighted by molar-refractivity contribution is 0.111. The van der Waals surface area contributed by atoms with Gasteiger partial charge in [0.1, 0.15) is 5.52 Å². The molecule has 0 aliphatic heterocycles. The van der Waals surface area contributed by atoms with E-state index in [0.717, 1.165) is 6.29 Å². The predicted molar refractivity (Wildman–Crippen MR) is 165 cm³/mol. The van der Waals surface area contributed by atoms with Gasteiger partial charge in [0.2, 0.25) is 11.9 Å². The fraction of sp³-hybridized carbons (Fsp3) is 0.0800. The van der Waals surface area contributed by atoms with Crippen molar-refractivity contribution in [3.8, 4) is 5.95 Å². The second-order valence-electron chi connectivity index (χ2n) is 8.99. The molecular formula is C25H25N15O6. The molecule has 7 rings (SSSR count). The van der Waals surface area contributed by atoms with Crippen molar-refractivity contribution in [1.29, 1.82) is 0 Å². The van der Waals surface area contributed by atoms with E-state index in [1.54, 1.807) is 36.7 Å². The van der Waals surface area contributed by atoms with Gasteiger partial charge in [0, 0.05) is 29.7 Å². The van der Waals surface area contributed by atoms with Gasteiger partial charge >= 0.3 is 11.4 Å². The second-order valence-corrected chi connectivity index (χ2v) is 8.99. The van der Waals surface area contributed by atoms with Crippen molar-refractivity contribution in [2.75, 3.05) is 11.5 Å². The second kappa shape index (κ2) is 13.9. The standard InChI is InChI=1S/C10H8N6O.C5H5N5O.2C5H6N2O2/c11-8-7-9(13-5-12-7)15-10(14-8)16-3-1-2-6(16)4-17;6-5-9-3-2(4(11)10-5)7-1-8-3;2*1-3-2-6-5(9)7-4(3)8/h1-5H,(H3,11,12,13,14,15);1H,(H4,6,7,8,9,10,11);2*2H,1H3,(H2,6,7,8,9). The van der Waals surface area contributed by atoms with Crippen LogP contribution < -0.4 is 39.5 Å². The number of aromatic nitrogens is 13. The highest BCUT2D eigenvalue weighted by Gasteiger charge is 2.10. The number of nitrogens with two attached hydrogens (primary N) is 2. The first-order valence-electron chi connectivity index (χ1n) is 12.8. The zero-order chi connectivity index (χ0) is 33.4. The van der Waals surface area contributed by atoms with Crippen LogP contribution in [0.2, 0.25) is 0 Å². The van der Waals surface area contributed by atoms with Gasteiger partial charge in [-0.25, -0.2) is 19.6 Å². The van der Waals surface area contributed by atoms with Crippen LogP contribution in [0, 0.1) is 13.8 Å². The number of H-pyrrole nitrogens is 7. The summed E-state index contributed by atoms with van der Waals surface area (Å²) >= 11 is 0. The number of nitrogens with zero attached hydrogens (tertiary/aromatic N) is 6. The van der Waals surface area contributed by atoms with Gasteiger partial charge in [-0.2, -0.15) is 15.0 Å². The maximum absolute atomic E-state index is 11.0. The highest BCUT2D eigenvalue weighted by atomic mass is 16.2. The number of carbonyl (C=O) groups is 1. The molecule has 7 aromatic rings. The van der Waals surface area contributed by atoms with E-state index in [0.29, 0.717) is 50.9 Å². The number of aryl methyl sites for hydroxylation is 2. The molecule has 0 aliphatic rings. The summed E-state index contributed by atoms with van der Waals surface area (Å²) in [7, 11) is 0. The molecule has 0 spiro atoms. The van der Waals surface area contributed by atoms with Gasteiger partial charge in [0.25, 0.3) is 16.7 Å². The third-order valence-electron chi connectivity index (χ3n) is 5.74. The minimum absolute atomic E-state index is 0.0783. The minimum Gasteiger partial charge on any atom is -0.382 e. The third-order valence-corrected chi connectivity index (χ3v) is 5.74. The third kappa shape index (κ3) is 7.60. The van der Waals surface area contributed by atoms with Crippen molar-refractivity contribution in [3.05, 3.63) is 112 Å². The Labute approximate surface area is 253 Å². The molecule has 7 aromatic heterocycles. The molecule has 0 aromatic carbocycles. The average Bonchev–Trinajstić information content (AvgIpc) is 3.79. The number of nitrogens with one attached hydrogen (secondary N) is 7. The average molecular weight is 632 g/mol. The monoisotopic (exact) mass is 631 g/mol. The number of aldehydes is 1. The Morgan fingerprint density at radius 3 is 1.83 bits per heavy atom. The van der Waals surface area contributed by atoms with Gasteiger partial charge in [0.05, 0.1) is 18.3 Å². The molecule has 0 atom stereocenters. The molecular weight excluding hydrogens is 606 g/mol. The molecule has 0 aliphatic carbocycles. The van der Waals surface area contributed by atoms with Crippen LogP contribution in [0.5, 0.6) is 0 Å². The molecule has 0 unspecified atom stereocenters. The zero-order valence-electron chi connectivity index (χ0n) is 23.9. The quantitative estimate of drug-likeness (QED) is 0.0983. The van der Waals surface area contributed by atoms with Gasteiger partial charge in [-0.1, -0.05) is 0 Å². The van der Waals surface area contributed by atoms with Crippen molar-refractivity contribution in [1.82, 2.24) is 64.4 Å². The molecule has 7 heterocycles. The van der Waals surface area contributed by atoms with E-state index in [-0.39, 0.29) is 22.6 Å². The maximum Gasteiger partial charge on any atom is 0.325 e. The van der Waals surface area contributed by atoms with Gasteiger partial charge < -0.3 is 31.4 Å². The molecule has 46 heavy (non-hydrogen) atoms. The number of imidazole rings is 2. The van der Waals surface area contributed by atoms with Crippen molar-refractivity contribution in [2.24, 2.45) is 0 Å². The number of fused-ring (bicyclic) bond motifs is 2. The normalized spacial score (nSPS) is 10.2. The van der Waals surface area contributed by atoms with Gasteiger partial charge in [-0.3, -0.25) is 38.7 Å². The first-order chi connectivity index (χ1) is 22.0. The Morgan fingerprint density at radius 2 is 1.28 bits per heavy atom. The lowest BCUT2D eigenvalue weighted by Crippen LogP contribution is -2.22. The highest BCUT2D eigenvalue weighted by Crippen LogP contribution is 2.16. The van der Waals surface area contributed by atoms with Gasteiger partial charge in [-0.15, -0.1) is 0 Å². The summed E-state index contributed by atoms with van der Waals surface area (Å²) in [4.78, 5) is 100. The summed E-state index contributed by atoms with van der Waals surface area (Å²) < 4.78 is 1.55. The Balaban J connectivity index is 0.000000145. The molecule has 0 saturated heterocycles. The smallest absolute Gasteiger partial charge is 0.325 e. The predicted octanol–water partition coefficient (Wildman–Crippen LogP) is -1.49. The Kier molecular flexibility index (Phi) is 9.56. The molecule has 0 amide bonds. The fourth-order valence-electron chi connectivity index (χ4n) is 3.44. The van der Waals surface area contributed by atoms with Crippen molar-refractivity contribution < 1.29 is 4.79 Å². The number of rotatable bonds is 2. The van der Waals surface area contributed by atoms with Crippen molar-refractivity contribution in [3.63, 3.8) is 0 Å². The van der Waals surface area contributed by atoms with Crippen LogP contribution in [0.25, 0.3) is 28.3 Å². The van der Waals surface area contributed by atoms with Crippen LogP contribution in [0.3, 0.4) is 0 Å². The Morgan fingerprint density at radius 1 is 0.717 bits per heavy atom. The van der Waals surface area contributed by atoms with E-state index in [1.165, 1.54) is 25.0 Å². The number of anilines is 2. The first kappa shape index (κ1) is 31.7. The van der Waals surface area contributed by atoms with E-state index < -0.39 is 11.4 Å². The number of hydrogen-bond donors (Lipinski definition) is 9. The molecule has 0 bridgehead atoms. The molecule has 0 saturated carbocycles. The van der Waals surface area contributed by atoms with E-state index in [4.69, 9.17) is 11.5 Å². The lowest BCUT2D eigenvalue weighted by atomic mass is 10.4. The highest BCUT2D eigenvalue weighted by molar-refractivity contribution is 5.82. The van der Waals surface area contributed by atoms with Crippen molar-refractivity contribution in [2.45, 2.75) is 13.8 Å². The van der Waals surface area contributed by atoms with Crippen LogP contribution >= 0.6 is 0 Å². The van der Waals surface area contributed by atoms with Crippen LogP contribution in [-0.2, 0) is 0 Å². The van der Waals surface area contributed by atoms with Crippen LogP contribution in [0.1, 0.15) is 21.6 Å². The summed E-state index contributed by atoms with van der Waals surface area (Å²) in [5.74, 6) is 0.705.